The Morgan fingerprint density at radius 1 is 1.10 bits per heavy atom. The molecule has 31 heavy (non-hydrogen) atoms. The second-order valence-corrected chi connectivity index (χ2v) is 12.1. The molecule has 2 saturated carbocycles. The smallest absolute Gasteiger partial charge is 0.272 e. The maximum absolute atomic E-state index is 13.6. The second kappa shape index (κ2) is 5.56. The van der Waals surface area contributed by atoms with Gasteiger partial charge in [-0.3, -0.25) is 14.4 Å². The average Bonchev–Trinajstić information content (AvgIpc) is 2.97. The van der Waals surface area contributed by atoms with Gasteiger partial charge in [0.1, 0.15) is 6.04 Å². The molecular weight excluding hydrogens is 418 g/mol. The first kappa shape index (κ1) is 19.4. The topological polar surface area (TPSA) is 94.8 Å². The molecule has 6 atom stereocenters. The van der Waals surface area contributed by atoms with Gasteiger partial charge in [-0.25, -0.2) is 17.7 Å². The normalized spacial score (nSPS) is 40.9. The number of hydrogen-bond acceptors (Lipinski definition) is 6. The van der Waals surface area contributed by atoms with Crippen LogP contribution >= 0.6 is 0 Å². The van der Waals surface area contributed by atoms with E-state index >= 15 is 0 Å². The monoisotopic (exact) mass is 443 g/mol. The fraction of sp³-hybridized carbons (Fsp3) is 0.591. The van der Waals surface area contributed by atoms with Crippen molar-refractivity contribution in [1.82, 2.24) is 14.3 Å². The molecular formula is C22H25N3O5S. The fourth-order valence-corrected chi connectivity index (χ4v) is 9.61. The number of carbonyl (C=O) groups excluding carboxylic acids is 3. The Kier molecular flexibility index (Phi) is 3.48. The van der Waals surface area contributed by atoms with Gasteiger partial charge in [0.05, 0.1) is 29.0 Å². The number of fused-ring (bicyclic) bond motifs is 2. The second-order valence-electron chi connectivity index (χ2n) is 10.3. The predicted molar refractivity (Wildman–Crippen MR) is 110 cm³/mol. The van der Waals surface area contributed by atoms with Gasteiger partial charge in [-0.15, -0.1) is 0 Å². The van der Waals surface area contributed by atoms with Gasteiger partial charge in [-0.2, -0.15) is 5.01 Å². The molecule has 4 fully saturated rings. The zero-order valence-electron chi connectivity index (χ0n) is 17.7. The summed E-state index contributed by atoms with van der Waals surface area (Å²) < 4.78 is 27.5. The summed E-state index contributed by atoms with van der Waals surface area (Å²) in [6.45, 7) is 6.02. The van der Waals surface area contributed by atoms with Gasteiger partial charge in [0.25, 0.3) is 17.7 Å². The van der Waals surface area contributed by atoms with Crippen LogP contribution in [-0.2, 0) is 14.8 Å². The highest BCUT2D eigenvalue weighted by atomic mass is 32.2. The largest absolute Gasteiger partial charge is 0.276 e. The molecule has 2 aliphatic carbocycles. The Balaban J connectivity index is 1.32. The minimum atomic E-state index is -3.75. The van der Waals surface area contributed by atoms with Crippen molar-refractivity contribution in [3.8, 4) is 0 Å². The van der Waals surface area contributed by atoms with Gasteiger partial charge in [0.2, 0.25) is 10.0 Å². The quantitative estimate of drug-likeness (QED) is 0.509. The Morgan fingerprint density at radius 2 is 1.71 bits per heavy atom. The van der Waals surface area contributed by atoms with Crippen molar-refractivity contribution in [2.45, 2.75) is 58.2 Å². The zero-order chi connectivity index (χ0) is 22.1. The SMILES string of the molecule is C[C@@H]1[C@H](C(=O)N2[C@@H]3C[C@H]4CC[C@]3(CS2(=O)=O)C4(C)C)N1N1C(=O)c2ccccc2C1=O. The third-order valence-corrected chi connectivity index (χ3v) is 10.9. The van der Waals surface area contributed by atoms with E-state index < -0.39 is 45.2 Å². The number of nitrogens with zero attached hydrogens (tertiary/aromatic N) is 3. The van der Waals surface area contributed by atoms with E-state index in [4.69, 9.17) is 0 Å². The molecule has 1 spiro atoms. The van der Waals surface area contributed by atoms with Crippen molar-refractivity contribution < 1.29 is 22.8 Å². The summed E-state index contributed by atoms with van der Waals surface area (Å²) in [5.74, 6) is -1.02. The zero-order valence-corrected chi connectivity index (χ0v) is 18.6. The maximum Gasteiger partial charge on any atom is 0.276 e. The molecule has 9 heteroatoms. The molecule has 5 aliphatic rings. The molecule has 3 aliphatic heterocycles. The van der Waals surface area contributed by atoms with Crippen molar-refractivity contribution in [3.05, 3.63) is 35.4 Å². The van der Waals surface area contributed by atoms with Crippen LogP contribution in [0.25, 0.3) is 0 Å². The van der Waals surface area contributed by atoms with Crippen LogP contribution in [0.3, 0.4) is 0 Å². The number of rotatable bonds is 2. The highest BCUT2D eigenvalue weighted by molar-refractivity contribution is 7.90. The lowest BCUT2D eigenvalue weighted by Crippen LogP contribution is -2.47. The first-order valence-corrected chi connectivity index (χ1v) is 12.5. The van der Waals surface area contributed by atoms with Gasteiger partial charge in [0.15, 0.2) is 0 Å². The van der Waals surface area contributed by atoms with Crippen LogP contribution in [0, 0.1) is 16.7 Å². The number of benzene rings is 1. The van der Waals surface area contributed by atoms with Crippen LogP contribution in [-0.4, -0.2) is 64.3 Å². The Bertz CT molecular complexity index is 1140. The minimum Gasteiger partial charge on any atom is -0.272 e. The van der Waals surface area contributed by atoms with Crippen LogP contribution in [0.5, 0.6) is 0 Å². The van der Waals surface area contributed by atoms with Crippen molar-refractivity contribution in [1.29, 1.82) is 0 Å². The average molecular weight is 444 g/mol. The van der Waals surface area contributed by atoms with E-state index in [1.807, 2.05) is 0 Å². The van der Waals surface area contributed by atoms with E-state index in [0.717, 1.165) is 22.2 Å². The van der Waals surface area contributed by atoms with Crippen molar-refractivity contribution >= 4 is 27.7 Å². The molecule has 0 radical (unpaired) electrons. The Hall–Kier alpha value is -2.26. The summed E-state index contributed by atoms with van der Waals surface area (Å²) in [6.07, 6.45) is 2.52. The third kappa shape index (κ3) is 2.09. The van der Waals surface area contributed by atoms with E-state index in [9.17, 15) is 22.8 Å². The highest BCUT2D eigenvalue weighted by Crippen LogP contribution is 2.70. The lowest BCUT2D eigenvalue weighted by atomic mass is 9.69. The number of amides is 3. The van der Waals surface area contributed by atoms with Crippen molar-refractivity contribution in [3.63, 3.8) is 0 Å². The van der Waals surface area contributed by atoms with Gasteiger partial charge < -0.3 is 0 Å². The van der Waals surface area contributed by atoms with E-state index in [0.29, 0.717) is 23.5 Å². The fourth-order valence-electron chi connectivity index (χ4n) is 7.06. The number of imide groups is 1. The van der Waals surface area contributed by atoms with Gasteiger partial charge in [-0.1, -0.05) is 26.0 Å². The first-order valence-electron chi connectivity index (χ1n) is 10.8. The van der Waals surface area contributed by atoms with Crippen LogP contribution in [0.2, 0.25) is 0 Å². The van der Waals surface area contributed by atoms with E-state index in [1.165, 1.54) is 5.01 Å². The molecule has 0 N–H and O–H groups in total. The van der Waals surface area contributed by atoms with Crippen LogP contribution in [0.1, 0.15) is 60.7 Å². The first-order chi connectivity index (χ1) is 14.5. The van der Waals surface area contributed by atoms with Crippen LogP contribution in [0.4, 0.5) is 0 Å². The molecule has 3 heterocycles. The van der Waals surface area contributed by atoms with Gasteiger partial charge >= 0.3 is 0 Å². The summed E-state index contributed by atoms with van der Waals surface area (Å²) in [6, 6.07) is 4.99. The van der Waals surface area contributed by atoms with Gasteiger partial charge in [-0.05, 0) is 49.7 Å². The summed E-state index contributed by atoms with van der Waals surface area (Å²) in [5, 5.41) is 2.45. The Morgan fingerprint density at radius 3 is 2.29 bits per heavy atom. The molecule has 2 bridgehead atoms. The van der Waals surface area contributed by atoms with Crippen molar-refractivity contribution in [2.24, 2.45) is 16.7 Å². The molecule has 6 rings (SSSR count). The summed E-state index contributed by atoms with van der Waals surface area (Å²) in [7, 11) is -3.75. The Labute approximate surface area is 181 Å². The van der Waals surface area contributed by atoms with E-state index in [1.54, 1.807) is 31.2 Å². The third-order valence-electron chi connectivity index (χ3n) is 8.95. The number of hydrazine groups is 1. The standard InChI is InChI=1S/C22H25N3O5S/c1-12-17(23(12)24-18(26)14-6-4-5-7-15(14)19(24)27)20(28)25-16-10-13-8-9-22(16,21(13,2)3)11-31(25,29)30/h4-7,12-13,16-17H,8-11H2,1-3H3/t12-,13-,16-,17-,22-,23?/m1/s1. The number of sulfonamides is 1. The molecule has 1 unspecified atom stereocenters. The highest BCUT2D eigenvalue weighted by Gasteiger charge is 2.74. The minimum absolute atomic E-state index is 0.00796. The van der Waals surface area contributed by atoms with Crippen molar-refractivity contribution in [2.75, 3.05) is 5.75 Å². The lowest BCUT2D eigenvalue weighted by molar-refractivity contribution is -0.130. The summed E-state index contributed by atoms with van der Waals surface area (Å²) in [5.41, 5.74) is 0.0858. The number of carbonyl (C=O) groups is 3. The molecule has 1 aromatic carbocycles. The molecule has 0 aromatic heterocycles. The predicted octanol–water partition coefficient (Wildman–Crippen LogP) is 1.64. The summed E-state index contributed by atoms with van der Waals surface area (Å²) in [4.78, 5) is 39.3. The van der Waals surface area contributed by atoms with E-state index in [2.05, 4.69) is 13.8 Å². The lowest BCUT2D eigenvalue weighted by Gasteiger charge is -2.37. The van der Waals surface area contributed by atoms with E-state index in [-0.39, 0.29) is 17.2 Å². The molecule has 164 valence electrons. The summed E-state index contributed by atoms with van der Waals surface area (Å²) >= 11 is 0. The van der Waals surface area contributed by atoms with Gasteiger partial charge in [0, 0.05) is 5.41 Å². The molecule has 8 nitrogen and oxygen atoms in total. The maximum atomic E-state index is 13.6. The molecule has 1 aromatic rings. The number of hydrogen-bond donors (Lipinski definition) is 0. The molecule has 3 amide bonds. The molecule has 2 saturated heterocycles. The van der Waals surface area contributed by atoms with Crippen LogP contribution in [0.15, 0.2) is 24.3 Å². The van der Waals surface area contributed by atoms with Crippen LogP contribution < -0.4 is 0 Å².